The van der Waals surface area contributed by atoms with Crippen LogP contribution in [0.2, 0.25) is 10.0 Å². The molecule has 4 rings (SSSR count). The third-order valence-electron chi connectivity index (χ3n) is 5.46. The highest BCUT2D eigenvalue weighted by molar-refractivity contribution is 6.39. The van der Waals surface area contributed by atoms with Crippen molar-refractivity contribution in [3.63, 3.8) is 0 Å². The molecule has 184 valence electrons. The Morgan fingerprint density at radius 1 is 0.972 bits per heavy atom. The van der Waals surface area contributed by atoms with Gasteiger partial charge in [-0.2, -0.15) is 0 Å². The monoisotopic (exact) mass is 524 g/mol. The largest absolute Gasteiger partial charge is 0.490 e. The van der Waals surface area contributed by atoms with E-state index in [1.54, 1.807) is 24.3 Å². The number of barbiturate groups is 1. The van der Waals surface area contributed by atoms with Crippen molar-refractivity contribution in [2.45, 2.75) is 20.5 Å². The van der Waals surface area contributed by atoms with Gasteiger partial charge >= 0.3 is 6.03 Å². The van der Waals surface area contributed by atoms with Gasteiger partial charge in [0.15, 0.2) is 11.5 Å². The molecule has 0 atom stereocenters. The van der Waals surface area contributed by atoms with E-state index in [1.165, 1.54) is 18.2 Å². The minimum atomic E-state index is -0.850. The van der Waals surface area contributed by atoms with Crippen molar-refractivity contribution in [2.75, 3.05) is 11.5 Å². The average molecular weight is 525 g/mol. The second-order valence-corrected chi connectivity index (χ2v) is 8.76. The van der Waals surface area contributed by atoms with E-state index < -0.39 is 17.8 Å². The molecule has 1 aliphatic heterocycles. The molecule has 1 N–H and O–H groups in total. The maximum Gasteiger partial charge on any atom is 0.335 e. The molecule has 0 bridgehead atoms. The summed E-state index contributed by atoms with van der Waals surface area (Å²) in [5, 5.41) is 2.88. The highest BCUT2D eigenvalue weighted by Crippen LogP contribution is 2.38. The van der Waals surface area contributed by atoms with E-state index in [4.69, 9.17) is 32.7 Å². The second-order valence-electron chi connectivity index (χ2n) is 7.91. The zero-order valence-electron chi connectivity index (χ0n) is 19.5. The molecule has 36 heavy (non-hydrogen) atoms. The quantitative estimate of drug-likeness (QED) is 0.305. The minimum Gasteiger partial charge on any atom is -0.490 e. The fraction of sp³-hybridized carbons (Fsp3) is 0.148. The number of halogens is 2. The maximum atomic E-state index is 13.1. The highest BCUT2D eigenvalue weighted by atomic mass is 35.5. The molecule has 0 aromatic heterocycles. The van der Waals surface area contributed by atoms with Gasteiger partial charge in [0.05, 0.1) is 17.3 Å². The molecule has 0 radical (unpaired) electrons. The maximum absolute atomic E-state index is 13.1. The second kappa shape index (κ2) is 10.8. The van der Waals surface area contributed by atoms with Crippen LogP contribution in [0.3, 0.4) is 0 Å². The minimum absolute atomic E-state index is 0.239. The molecule has 1 saturated heterocycles. The molecule has 1 fully saturated rings. The molecule has 0 aliphatic carbocycles. The topological polar surface area (TPSA) is 84.9 Å². The van der Waals surface area contributed by atoms with Crippen molar-refractivity contribution < 1.29 is 23.9 Å². The van der Waals surface area contributed by atoms with E-state index >= 15 is 0 Å². The van der Waals surface area contributed by atoms with E-state index in [0.717, 1.165) is 16.0 Å². The number of carbonyl (C=O) groups excluding carboxylic acids is 3. The number of urea groups is 1. The van der Waals surface area contributed by atoms with Crippen LogP contribution in [-0.4, -0.2) is 24.5 Å². The Morgan fingerprint density at radius 3 is 2.39 bits per heavy atom. The zero-order chi connectivity index (χ0) is 25.8. The Bertz CT molecular complexity index is 1370. The number of aryl methyl sites for hydroxylation is 1. The normalized spacial score (nSPS) is 14.7. The Hall–Kier alpha value is -3.81. The summed E-state index contributed by atoms with van der Waals surface area (Å²) < 4.78 is 11.7. The van der Waals surface area contributed by atoms with E-state index in [2.05, 4.69) is 5.32 Å². The predicted octanol–water partition coefficient (Wildman–Crippen LogP) is 5.95. The Morgan fingerprint density at radius 2 is 1.69 bits per heavy atom. The van der Waals surface area contributed by atoms with Crippen LogP contribution < -0.4 is 19.7 Å². The number of hydrogen-bond donors (Lipinski definition) is 1. The number of amides is 4. The van der Waals surface area contributed by atoms with Crippen molar-refractivity contribution in [2.24, 2.45) is 0 Å². The predicted molar refractivity (Wildman–Crippen MR) is 139 cm³/mol. The fourth-order valence-corrected chi connectivity index (χ4v) is 4.04. The number of benzene rings is 3. The highest BCUT2D eigenvalue weighted by Gasteiger charge is 2.36. The lowest BCUT2D eigenvalue weighted by Crippen LogP contribution is -2.54. The molecule has 3 aromatic carbocycles. The molecule has 7 nitrogen and oxygen atoms in total. The van der Waals surface area contributed by atoms with Crippen LogP contribution in [0.5, 0.6) is 11.5 Å². The number of carbonyl (C=O) groups is 3. The van der Waals surface area contributed by atoms with E-state index in [1.807, 2.05) is 38.1 Å². The molecule has 1 heterocycles. The van der Waals surface area contributed by atoms with Gasteiger partial charge in [0.2, 0.25) is 0 Å². The molecule has 4 amide bonds. The molecular formula is C27H22Cl2N2O5. The number of ether oxygens (including phenoxy) is 2. The molecular weight excluding hydrogens is 503 g/mol. The summed E-state index contributed by atoms with van der Waals surface area (Å²) in [6.07, 6.45) is 1.35. The lowest BCUT2D eigenvalue weighted by molar-refractivity contribution is -0.122. The Kier molecular flexibility index (Phi) is 7.62. The number of rotatable bonds is 7. The van der Waals surface area contributed by atoms with Crippen LogP contribution in [0.25, 0.3) is 6.08 Å². The van der Waals surface area contributed by atoms with Crippen LogP contribution in [0, 0.1) is 6.92 Å². The summed E-state index contributed by atoms with van der Waals surface area (Å²) in [5.74, 6) is -0.884. The van der Waals surface area contributed by atoms with Crippen LogP contribution in [0.1, 0.15) is 23.6 Å². The van der Waals surface area contributed by atoms with Gasteiger partial charge in [0, 0.05) is 5.02 Å². The summed E-state index contributed by atoms with van der Waals surface area (Å²) in [5.41, 5.74) is 2.54. The first-order valence-electron chi connectivity index (χ1n) is 11.1. The standard InChI is InChI=1S/C27H22Cl2N2O5/c1-3-35-23-14-17(13-22(29)24(23)36-15-18-7-5-4-6-16(18)2)12-21-25(32)30-27(34)31(26(21)33)20-10-8-19(28)9-11-20/h4-14H,3,15H2,1-2H3,(H,30,32,34). The van der Waals surface area contributed by atoms with E-state index in [-0.39, 0.29) is 22.9 Å². The van der Waals surface area contributed by atoms with Crippen molar-refractivity contribution >= 4 is 52.8 Å². The number of hydrogen-bond acceptors (Lipinski definition) is 5. The Balaban J connectivity index is 1.66. The first-order valence-corrected chi connectivity index (χ1v) is 11.8. The molecule has 9 heteroatoms. The number of nitrogens with zero attached hydrogens (tertiary/aromatic N) is 1. The fourth-order valence-electron chi connectivity index (χ4n) is 3.65. The molecule has 0 unspecified atom stereocenters. The van der Waals surface area contributed by atoms with Crippen LogP contribution >= 0.6 is 23.2 Å². The summed E-state index contributed by atoms with van der Waals surface area (Å²) in [4.78, 5) is 39.0. The SMILES string of the molecule is CCOc1cc(C=C2C(=O)NC(=O)N(c3ccc(Cl)cc3)C2=O)cc(Cl)c1OCc1ccccc1C. The van der Waals surface area contributed by atoms with Gasteiger partial charge < -0.3 is 9.47 Å². The molecule has 0 spiro atoms. The third kappa shape index (κ3) is 5.37. The molecule has 3 aromatic rings. The lowest BCUT2D eigenvalue weighted by Gasteiger charge is -2.26. The van der Waals surface area contributed by atoms with Gasteiger partial charge in [0.1, 0.15) is 12.2 Å². The van der Waals surface area contributed by atoms with Crippen molar-refractivity contribution in [3.8, 4) is 11.5 Å². The van der Waals surface area contributed by atoms with Crippen LogP contribution in [0.4, 0.5) is 10.5 Å². The molecule has 0 saturated carbocycles. The smallest absolute Gasteiger partial charge is 0.335 e. The lowest BCUT2D eigenvalue weighted by atomic mass is 10.1. The van der Waals surface area contributed by atoms with Gasteiger partial charge in [0.25, 0.3) is 11.8 Å². The summed E-state index contributed by atoms with van der Waals surface area (Å²) in [6.45, 7) is 4.43. The third-order valence-corrected chi connectivity index (χ3v) is 6.00. The molecule has 1 aliphatic rings. The van der Waals surface area contributed by atoms with Crippen molar-refractivity contribution in [3.05, 3.63) is 93.0 Å². The number of nitrogens with one attached hydrogen (secondary N) is 1. The van der Waals surface area contributed by atoms with Crippen LogP contribution in [-0.2, 0) is 16.2 Å². The van der Waals surface area contributed by atoms with Crippen molar-refractivity contribution in [1.82, 2.24) is 5.32 Å². The first-order chi connectivity index (χ1) is 17.3. The van der Waals surface area contributed by atoms with Crippen molar-refractivity contribution in [1.29, 1.82) is 0 Å². The van der Waals surface area contributed by atoms with E-state index in [0.29, 0.717) is 28.7 Å². The summed E-state index contributed by atoms with van der Waals surface area (Å²) in [6, 6.07) is 16.3. The Labute approximate surface area is 218 Å². The van der Waals surface area contributed by atoms with Gasteiger partial charge in [-0.05, 0) is 73.0 Å². The van der Waals surface area contributed by atoms with Gasteiger partial charge in [-0.15, -0.1) is 0 Å². The van der Waals surface area contributed by atoms with Crippen LogP contribution in [0.15, 0.2) is 66.2 Å². The van der Waals surface area contributed by atoms with E-state index in [9.17, 15) is 14.4 Å². The average Bonchev–Trinajstić information content (AvgIpc) is 2.83. The van der Waals surface area contributed by atoms with Gasteiger partial charge in [-0.25, -0.2) is 9.69 Å². The number of anilines is 1. The number of imide groups is 2. The summed E-state index contributed by atoms with van der Waals surface area (Å²) in [7, 11) is 0. The van der Waals surface area contributed by atoms with Gasteiger partial charge in [-0.1, -0.05) is 47.5 Å². The van der Waals surface area contributed by atoms with Gasteiger partial charge in [-0.3, -0.25) is 14.9 Å². The summed E-state index contributed by atoms with van der Waals surface area (Å²) >= 11 is 12.4. The zero-order valence-corrected chi connectivity index (χ0v) is 21.0. The first kappa shape index (κ1) is 25.3.